The molecular formula is C10H18. The molecule has 0 saturated carbocycles. The Bertz CT molecular complexity index is 111. The zero-order valence-electron chi connectivity index (χ0n) is 7.14. The molecule has 1 rings (SSSR count). The number of hydrogen-bond acceptors (Lipinski definition) is 0. The van der Waals surface area contributed by atoms with Crippen LogP contribution < -0.4 is 0 Å². The third kappa shape index (κ3) is 2.55. The quantitative estimate of drug-likeness (QED) is 0.513. The Morgan fingerprint density at radius 3 is 2.80 bits per heavy atom. The fraction of sp³-hybridized carbons (Fsp3) is 0.800. The van der Waals surface area contributed by atoms with Crippen LogP contribution in [0.25, 0.3) is 0 Å². The topological polar surface area (TPSA) is 0 Å². The Hall–Kier alpha value is -0.260. The van der Waals surface area contributed by atoms with Crippen LogP contribution in [0.2, 0.25) is 0 Å². The van der Waals surface area contributed by atoms with Gasteiger partial charge in [0.15, 0.2) is 0 Å². The van der Waals surface area contributed by atoms with Gasteiger partial charge in [-0.15, -0.1) is 0 Å². The second-order valence-corrected chi connectivity index (χ2v) is 3.75. The van der Waals surface area contributed by atoms with Crippen molar-refractivity contribution in [1.29, 1.82) is 0 Å². The molecule has 58 valence electrons. The predicted octanol–water partition coefficient (Wildman–Crippen LogP) is 3.39. The molecule has 1 aliphatic rings. The maximum absolute atomic E-state index is 2.41. The molecule has 0 amide bonds. The first-order valence-electron chi connectivity index (χ1n) is 4.45. The molecule has 0 aromatic carbocycles. The summed E-state index contributed by atoms with van der Waals surface area (Å²) in [7, 11) is 0. The minimum Gasteiger partial charge on any atom is -0.0883 e. The highest BCUT2D eigenvalue weighted by Crippen LogP contribution is 2.23. The Kier molecular flexibility index (Phi) is 2.98. The minimum absolute atomic E-state index is 0.868. The van der Waals surface area contributed by atoms with E-state index in [9.17, 15) is 0 Å². The summed E-state index contributed by atoms with van der Waals surface area (Å²) in [5, 5.41) is 0. The molecule has 1 unspecified atom stereocenters. The van der Waals surface area contributed by atoms with E-state index in [0.717, 1.165) is 11.8 Å². The molecule has 0 nitrogen and oxygen atoms in total. The van der Waals surface area contributed by atoms with Crippen LogP contribution >= 0.6 is 0 Å². The van der Waals surface area contributed by atoms with Crippen molar-refractivity contribution in [1.82, 2.24) is 0 Å². The van der Waals surface area contributed by atoms with Gasteiger partial charge in [0.25, 0.3) is 0 Å². The first-order chi connectivity index (χ1) is 4.79. The van der Waals surface area contributed by atoms with Gasteiger partial charge in [-0.3, -0.25) is 0 Å². The maximum Gasteiger partial charge on any atom is -0.0231 e. The van der Waals surface area contributed by atoms with E-state index in [1.807, 2.05) is 0 Å². The molecule has 1 aliphatic carbocycles. The van der Waals surface area contributed by atoms with Crippen molar-refractivity contribution >= 4 is 0 Å². The lowest BCUT2D eigenvalue weighted by Crippen LogP contribution is -2.04. The summed E-state index contributed by atoms with van der Waals surface area (Å²) in [6, 6.07) is 0. The van der Waals surface area contributed by atoms with Crippen LogP contribution in [0.3, 0.4) is 0 Å². The Labute approximate surface area is 64.3 Å². The van der Waals surface area contributed by atoms with Gasteiger partial charge in [0, 0.05) is 0 Å². The molecule has 0 bridgehead atoms. The van der Waals surface area contributed by atoms with Crippen LogP contribution in [0.5, 0.6) is 0 Å². The van der Waals surface area contributed by atoms with E-state index in [1.165, 1.54) is 25.7 Å². The van der Waals surface area contributed by atoms with E-state index in [1.54, 1.807) is 0 Å². The predicted molar refractivity (Wildman–Crippen MR) is 45.9 cm³/mol. The average Bonchev–Trinajstić information content (AvgIpc) is 1.88. The highest BCUT2D eigenvalue weighted by Gasteiger charge is 2.09. The lowest BCUT2D eigenvalue weighted by atomic mass is 9.89. The Morgan fingerprint density at radius 1 is 1.50 bits per heavy atom. The Morgan fingerprint density at radius 2 is 2.30 bits per heavy atom. The van der Waals surface area contributed by atoms with Crippen molar-refractivity contribution in [2.45, 2.75) is 39.5 Å². The van der Waals surface area contributed by atoms with Gasteiger partial charge in [-0.1, -0.05) is 26.0 Å². The molecule has 0 heterocycles. The number of hydrogen-bond donors (Lipinski definition) is 0. The molecular weight excluding hydrogens is 120 g/mol. The van der Waals surface area contributed by atoms with Gasteiger partial charge in [-0.2, -0.15) is 0 Å². The highest BCUT2D eigenvalue weighted by molar-refractivity contribution is 4.92. The number of allylic oxidation sites excluding steroid dienone is 2. The third-order valence-corrected chi connectivity index (χ3v) is 2.13. The van der Waals surface area contributed by atoms with Crippen molar-refractivity contribution in [2.24, 2.45) is 11.8 Å². The molecule has 10 heavy (non-hydrogen) atoms. The van der Waals surface area contributed by atoms with Gasteiger partial charge in [-0.05, 0) is 37.5 Å². The van der Waals surface area contributed by atoms with E-state index in [4.69, 9.17) is 0 Å². The van der Waals surface area contributed by atoms with Crippen molar-refractivity contribution < 1.29 is 0 Å². The summed E-state index contributed by atoms with van der Waals surface area (Å²) >= 11 is 0. The van der Waals surface area contributed by atoms with Gasteiger partial charge >= 0.3 is 0 Å². The van der Waals surface area contributed by atoms with E-state index in [0.29, 0.717) is 0 Å². The van der Waals surface area contributed by atoms with Crippen molar-refractivity contribution in [2.75, 3.05) is 0 Å². The van der Waals surface area contributed by atoms with Gasteiger partial charge < -0.3 is 0 Å². The zero-order chi connectivity index (χ0) is 7.40. The van der Waals surface area contributed by atoms with E-state index >= 15 is 0 Å². The molecule has 0 N–H and O–H groups in total. The fourth-order valence-electron chi connectivity index (χ4n) is 1.68. The maximum atomic E-state index is 2.41. The molecule has 0 spiro atoms. The molecule has 0 aromatic heterocycles. The van der Waals surface area contributed by atoms with Crippen LogP contribution in [0.1, 0.15) is 39.5 Å². The standard InChI is InChI=1S/C10H18/c1-9(2)8-10-6-4-3-5-7-10/h4,6,9-10H,3,5,7-8H2,1-2H3. The molecule has 0 aliphatic heterocycles. The largest absolute Gasteiger partial charge is 0.0883 e. The molecule has 0 radical (unpaired) electrons. The smallest absolute Gasteiger partial charge is 0.0231 e. The first-order valence-corrected chi connectivity index (χ1v) is 4.45. The van der Waals surface area contributed by atoms with E-state index in [2.05, 4.69) is 26.0 Å². The zero-order valence-corrected chi connectivity index (χ0v) is 7.14. The lowest BCUT2D eigenvalue weighted by molar-refractivity contribution is 0.431. The van der Waals surface area contributed by atoms with E-state index < -0.39 is 0 Å². The highest BCUT2D eigenvalue weighted by atomic mass is 14.1. The van der Waals surface area contributed by atoms with Gasteiger partial charge in [0.05, 0.1) is 0 Å². The van der Waals surface area contributed by atoms with Gasteiger partial charge in [0.1, 0.15) is 0 Å². The summed E-state index contributed by atoms with van der Waals surface area (Å²) in [5.74, 6) is 1.77. The molecule has 0 saturated heterocycles. The van der Waals surface area contributed by atoms with Crippen LogP contribution in [0.15, 0.2) is 12.2 Å². The second kappa shape index (κ2) is 3.80. The summed E-state index contributed by atoms with van der Waals surface area (Å²) < 4.78 is 0. The van der Waals surface area contributed by atoms with Crippen LogP contribution in [0.4, 0.5) is 0 Å². The van der Waals surface area contributed by atoms with Crippen molar-refractivity contribution in [3.05, 3.63) is 12.2 Å². The summed E-state index contributed by atoms with van der Waals surface area (Å²) in [5.41, 5.74) is 0. The SMILES string of the molecule is CC(C)CC1C=CCCC1. The Balaban J connectivity index is 2.26. The molecule has 1 atom stereocenters. The second-order valence-electron chi connectivity index (χ2n) is 3.75. The van der Waals surface area contributed by atoms with Crippen LogP contribution in [-0.4, -0.2) is 0 Å². The molecule has 0 fully saturated rings. The van der Waals surface area contributed by atoms with Crippen LogP contribution in [0, 0.1) is 11.8 Å². The summed E-state index contributed by atoms with van der Waals surface area (Å²) in [6.45, 7) is 4.62. The van der Waals surface area contributed by atoms with E-state index in [-0.39, 0.29) is 0 Å². The number of rotatable bonds is 2. The first kappa shape index (κ1) is 7.84. The average molecular weight is 138 g/mol. The minimum atomic E-state index is 0.868. The van der Waals surface area contributed by atoms with Crippen molar-refractivity contribution in [3.63, 3.8) is 0 Å². The summed E-state index contributed by atoms with van der Waals surface area (Å²) in [4.78, 5) is 0. The van der Waals surface area contributed by atoms with Crippen LogP contribution in [-0.2, 0) is 0 Å². The molecule has 0 heteroatoms. The lowest BCUT2D eigenvalue weighted by Gasteiger charge is -2.17. The van der Waals surface area contributed by atoms with Gasteiger partial charge in [-0.25, -0.2) is 0 Å². The fourth-order valence-corrected chi connectivity index (χ4v) is 1.68. The monoisotopic (exact) mass is 138 g/mol. The van der Waals surface area contributed by atoms with Crippen molar-refractivity contribution in [3.8, 4) is 0 Å². The normalized spacial score (nSPS) is 25.7. The molecule has 0 aromatic rings. The third-order valence-electron chi connectivity index (χ3n) is 2.13. The van der Waals surface area contributed by atoms with Gasteiger partial charge in [0.2, 0.25) is 0 Å². The summed E-state index contributed by atoms with van der Waals surface area (Å²) in [6.07, 6.45) is 10.3.